The highest BCUT2D eigenvalue weighted by Gasteiger charge is 2.16. The number of benzene rings is 3. The fourth-order valence-electron chi connectivity index (χ4n) is 2.99. The van der Waals surface area contributed by atoms with Crippen molar-refractivity contribution in [2.45, 2.75) is 6.61 Å². The Morgan fingerprint density at radius 2 is 1.63 bits per heavy atom. The molecule has 6 nitrogen and oxygen atoms in total. The number of methoxy groups -OCH3 is 2. The van der Waals surface area contributed by atoms with Gasteiger partial charge in [-0.2, -0.15) is 4.98 Å². The van der Waals surface area contributed by atoms with Crippen LogP contribution in [0.25, 0.3) is 22.8 Å². The van der Waals surface area contributed by atoms with E-state index < -0.39 is 5.82 Å². The highest BCUT2D eigenvalue weighted by atomic mass is 19.1. The number of para-hydroxylation sites is 1. The fourth-order valence-corrected chi connectivity index (χ4v) is 2.99. The minimum atomic E-state index is -0.426. The summed E-state index contributed by atoms with van der Waals surface area (Å²) < 4.78 is 35.9. The molecule has 0 atom stereocenters. The van der Waals surface area contributed by atoms with Crippen molar-refractivity contribution in [1.82, 2.24) is 10.1 Å². The van der Waals surface area contributed by atoms with E-state index in [0.717, 1.165) is 11.3 Å². The molecule has 0 amide bonds. The molecule has 1 aromatic heterocycles. The van der Waals surface area contributed by atoms with Gasteiger partial charge in [-0.25, -0.2) is 4.39 Å². The Kier molecular flexibility index (Phi) is 5.61. The normalized spacial score (nSPS) is 10.6. The van der Waals surface area contributed by atoms with Gasteiger partial charge in [0.1, 0.15) is 18.2 Å². The van der Waals surface area contributed by atoms with Crippen LogP contribution in [0.5, 0.6) is 17.2 Å². The molecule has 0 unspecified atom stereocenters. The fraction of sp³-hybridized carbons (Fsp3) is 0.130. The van der Waals surface area contributed by atoms with Gasteiger partial charge in [0.25, 0.3) is 5.89 Å². The van der Waals surface area contributed by atoms with E-state index in [1.54, 1.807) is 50.6 Å². The molecule has 3 aromatic carbocycles. The number of nitrogens with zero attached hydrogens (tertiary/aromatic N) is 2. The molecule has 152 valence electrons. The smallest absolute Gasteiger partial charge is 0.261 e. The molecule has 0 saturated carbocycles. The van der Waals surface area contributed by atoms with E-state index in [0.29, 0.717) is 29.5 Å². The lowest BCUT2D eigenvalue weighted by Crippen LogP contribution is -2.00. The van der Waals surface area contributed by atoms with Gasteiger partial charge in [0, 0.05) is 11.1 Å². The van der Waals surface area contributed by atoms with Crippen LogP contribution >= 0.6 is 0 Å². The van der Waals surface area contributed by atoms with Crippen LogP contribution in [0.2, 0.25) is 0 Å². The van der Waals surface area contributed by atoms with Crippen LogP contribution in [-0.4, -0.2) is 24.4 Å². The highest BCUT2D eigenvalue weighted by molar-refractivity contribution is 5.63. The van der Waals surface area contributed by atoms with E-state index >= 15 is 0 Å². The summed E-state index contributed by atoms with van der Waals surface area (Å²) in [6.45, 7) is 0.319. The summed E-state index contributed by atoms with van der Waals surface area (Å²) in [5, 5.41) is 3.96. The Bertz CT molecular complexity index is 1160. The molecule has 0 N–H and O–H groups in total. The number of aromatic nitrogens is 2. The molecule has 0 spiro atoms. The van der Waals surface area contributed by atoms with E-state index in [4.69, 9.17) is 18.7 Å². The predicted octanol–water partition coefficient (Wildman–Crippen LogP) is 5.14. The largest absolute Gasteiger partial charge is 0.496 e. The second-order valence-corrected chi connectivity index (χ2v) is 6.37. The van der Waals surface area contributed by atoms with Gasteiger partial charge >= 0.3 is 0 Å². The molecule has 4 aromatic rings. The summed E-state index contributed by atoms with van der Waals surface area (Å²) in [4.78, 5) is 4.30. The van der Waals surface area contributed by atoms with Gasteiger partial charge in [-0.3, -0.25) is 0 Å². The zero-order valence-corrected chi connectivity index (χ0v) is 16.5. The average Bonchev–Trinajstić information content (AvgIpc) is 3.28. The first-order chi connectivity index (χ1) is 14.7. The predicted molar refractivity (Wildman–Crippen MR) is 109 cm³/mol. The second kappa shape index (κ2) is 8.65. The molecule has 0 aliphatic carbocycles. The van der Waals surface area contributed by atoms with Crippen LogP contribution in [0.3, 0.4) is 0 Å². The minimum Gasteiger partial charge on any atom is -0.496 e. The monoisotopic (exact) mass is 406 g/mol. The van der Waals surface area contributed by atoms with Crippen LogP contribution < -0.4 is 14.2 Å². The summed E-state index contributed by atoms with van der Waals surface area (Å²) in [7, 11) is 3.17. The topological polar surface area (TPSA) is 66.6 Å². The summed E-state index contributed by atoms with van der Waals surface area (Å²) >= 11 is 0. The molecule has 30 heavy (non-hydrogen) atoms. The Balaban J connectivity index is 1.56. The standard InChI is InChI=1S/C23H19FN2O4/c1-27-19-10-6-3-7-16(19)14-29-20-12-11-15(13-21(20)28-2)22-25-23(30-26-22)17-8-4-5-9-18(17)24/h3-13H,14H2,1-2H3. The van der Waals surface area contributed by atoms with Crippen molar-refractivity contribution < 1.29 is 23.1 Å². The summed E-state index contributed by atoms with van der Waals surface area (Å²) in [5.41, 5.74) is 1.82. The summed E-state index contributed by atoms with van der Waals surface area (Å²) in [5.74, 6) is 1.83. The lowest BCUT2D eigenvalue weighted by Gasteiger charge is -2.13. The molecule has 1 heterocycles. The summed E-state index contributed by atoms with van der Waals surface area (Å²) in [6, 6.07) is 19.2. The van der Waals surface area contributed by atoms with Crippen molar-refractivity contribution in [3.8, 4) is 40.1 Å². The van der Waals surface area contributed by atoms with E-state index in [1.807, 2.05) is 24.3 Å². The number of hydrogen-bond acceptors (Lipinski definition) is 6. The van der Waals surface area contributed by atoms with Gasteiger partial charge < -0.3 is 18.7 Å². The van der Waals surface area contributed by atoms with E-state index in [1.165, 1.54) is 6.07 Å². The number of rotatable bonds is 7. The third kappa shape index (κ3) is 3.96. The van der Waals surface area contributed by atoms with Crippen LogP contribution in [0.4, 0.5) is 4.39 Å². The molecule has 7 heteroatoms. The molecule has 0 fully saturated rings. The van der Waals surface area contributed by atoms with Gasteiger partial charge in [-0.05, 0) is 36.4 Å². The van der Waals surface area contributed by atoms with Crippen molar-refractivity contribution >= 4 is 0 Å². The number of halogens is 1. The molecule has 0 saturated heterocycles. The SMILES string of the molecule is COc1ccccc1COc1ccc(-c2noc(-c3ccccc3F)n2)cc1OC. The van der Waals surface area contributed by atoms with Crippen LogP contribution in [-0.2, 0) is 6.61 Å². The van der Waals surface area contributed by atoms with Gasteiger partial charge in [-0.15, -0.1) is 0 Å². The maximum atomic E-state index is 14.0. The highest BCUT2D eigenvalue weighted by Crippen LogP contribution is 2.33. The van der Waals surface area contributed by atoms with Gasteiger partial charge in [-0.1, -0.05) is 35.5 Å². The first kappa shape index (κ1) is 19.4. The van der Waals surface area contributed by atoms with Gasteiger partial charge in [0.2, 0.25) is 5.82 Å². The zero-order valence-electron chi connectivity index (χ0n) is 16.5. The molecular formula is C23H19FN2O4. The molecule has 0 bridgehead atoms. The van der Waals surface area contributed by atoms with E-state index in [-0.39, 0.29) is 11.5 Å². The van der Waals surface area contributed by atoms with Crippen molar-refractivity contribution in [1.29, 1.82) is 0 Å². The lowest BCUT2D eigenvalue weighted by molar-refractivity contribution is 0.278. The van der Waals surface area contributed by atoms with Gasteiger partial charge in [0.15, 0.2) is 11.5 Å². The molecule has 4 rings (SSSR count). The number of hydrogen-bond donors (Lipinski definition) is 0. The maximum absolute atomic E-state index is 14.0. The molecule has 0 aliphatic heterocycles. The van der Waals surface area contributed by atoms with Gasteiger partial charge in [0.05, 0.1) is 19.8 Å². The first-order valence-electron chi connectivity index (χ1n) is 9.21. The third-order valence-electron chi connectivity index (χ3n) is 4.53. The van der Waals surface area contributed by atoms with E-state index in [2.05, 4.69) is 10.1 Å². The zero-order chi connectivity index (χ0) is 20.9. The minimum absolute atomic E-state index is 0.110. The van der Waals surface area contributed by atoms with Crippen LogP contribution in [0, 0.1) is 5.82 Å². The Morgan fingerprint density at radius 1 is 0.867 bits per heavy atom. The van der Waals surface area contributed by atoms with Crippen LogP contribution in [0.15, 0.2) is 71.3 Å². The van der Waals surface area contributed by atoms with Crippen LogP contribution in [0.1, 0.15) is 5.56 Å². The summed E-state index contributed by atoms with van der Waals surface area (Å²) in [6.07, 6.45) is 0. The molecule has 0 aliphatic rings. The maximum Gasteiger partial charge on any atom is 0.261 e. The third-order valence-corrected chi connectivity index (χ3v) is 4.53. The van der Waals surface area contributed by atoms with Crippen molar-refractivity contribution in [2.24, 2.45) is 0 Å². The average molecular weight is 406 g/mol. The van der Waals surface area contributed by atoms with E-state index in [9.17, 15) is 4.39 Å². The van der Waals surface area contributed by atoms with Crippen molar-refractivity contribution in [3.05, 3.63) is 78.1 Å². The molecular weight excluding hydrogens is 387 g/mol. The van der Waals surface area contributed by atoms with Crippen molar-refractivity contribution in [3.63, 3.8) is 0 Å². The second-order valence-electron chi connectivity index (χ2n) is 6.37. The quantitative estimate of drug-likeness (QED) is 0.423. The molecule has 0 radical (unpaired) electrons. The Morgan fingerprint density at radius 3 is 2.43 bits per heavy atom. The Hall–Kier alpha value is -3.87. The lowest BCUT2D eigenvalue weighted by atomic mass is 10.1. The Labute approximate surface area is 172 Å². The van der Waals surface area contributed by atoms with Crippen molar-refractivity contribution in [2.75, 3.05) is 14.2 Å². The number of ether oxygens (including phenoxy) is 3. The first-order valence-corrected chi connectivity index (χ1v) is 9.21.